The van der Waals surface area contributed by atoms with Crippen molar-refractivity contribution in [3.63, 3.8) is 0 Å². The molecule has 0 atom stereocenters. The van der Waals surface area contributed by atoms with E-state index in [9.17, 15) is 14.9 Å². The average Bonchev–Trinajstić information content (AvgIpc) is 2.90. The SMILES string of the molecule is Cc1cc([N+](=O)[O-])ccc1OCC(=O)NC1CCCC1. The molecule has 20 heavy (non-hydrogen) atoms. The van der Waals surface area contributed by atoms with E-state index in [0.717, 1.165) is 25.7 Å². The van der Waals surface area contributed by atoms with E-state index in [1.165, 1.54) is 18.2 Å². The number of nitro benzene ring substituents is 1. The monoisotopic (exact) mass is 278 g/mol. The van der Waals surface area contributed by atoms with Gasteiger partial charge in [0.1, 0.15) is 5.75 Å². The molecule has 1 aromatic carbocycles. The van der Waals surface area contributed by atoms with Crippen molar-refractivity contribution in [3.05, 3.63) is 33.9 Å². The summed E-state index contributed by atoms with van der Waals surface area (Å²) in [5.41, 5.74) is 0.665. The number of rotatable bonds is 5. The summed E-state index contributed by atoms with van der Waals surface area (Å²) >= 11 is 0. The highest BCUT2D eigenvalue weighted by Gasteiger charge is 2.17. The molecule has 0 bridgehead atoms. The summed E-state index contributed by atoms with van der Waals surface area (Å²) in [6, 6.07) is 4.60. The average molecular weight is 278 g/mol. The number of carbonyl (C=O) groups is 1. The smallest absolute Gasteiger partial charge is 0.269 e. The molecule has 1 N–H and O–H groups in total. The van der Waals surface area contributed by atoms with Gasteiger partial charge in [0.25, 0.3) is 11.6 Å². The highest BCUT2D eigenvalue weighted by molar-refractivity contribution is 5.77. The van der Waals surface area contributed by atoms with Crippen LogP contribution in [0.15, 0.2) is 18.2 Å². The minimum atomic E-state index is -0.455. The van der Waals surface area contributed by atoms with Crippen LogP contribution in [0.5, 0.6) is 5.75 Å². The molecule has 1 fully saturated rings. The number of ether oxygens (including phenoxy) is 1. The van der Waals surface area contributed by atoms with Crippen molar-refractivity contribution in [3.8, 4) is 5.75 Å². The first-order valence-corrected chi connectivity index (χ1v) is 6.73. The van der Waals surface area contributed by atoms with Crippen LogP contribution in [0.1, 0.15) is 31.2 Å². The van der Waals surface area contributed by atoms with Crippen LogP contribution in [0, 0.1) is 17.0 Å². The number of hydrogen-bond donors (Lipinski definition) is 1. The second kappa shape index (κ2) is 6.36. The van der Waals surface area contributed by atoms with Gasteiger partial charge in [-0.25, -0.2) is 0 Å². The molecule has 0 saturated heterocycles. The molecule has 1 aliphatic carbocycles. The van der Waals surface area contributed by atoms with Crippen molar-refractivity contribution >= 4 is 11.6 Å². The topological polar surface area (TPSA) is 81.5 Å². The van der Waals surface area contributed by atoms with Crippen LogP contribution in [0.4, 0.5) is 5.69 Å². The van der Waals surface area contributed by atoms with Crippen molar-refractivity contribution in [1.82, 2.24) is 5.32 Å². The number of nitrogens with zero attached hydrogens (tertiary/aromatic N) is 1. The van der Waals surface area contributed by atoms with Crippen LogP contribution in [0.25, 0.3) is 0 Å². The third-order valence-corrected chi connectivity index (χ3v) is 3.45. The van der Waals surface area contributed by atoms with E-state index < -0.39 is 4.92 Å². The number of benzene rings is 1. The Morgan fingerprint density at radius 3 is 2.75 bits per heavy atom. The van der Waals surface area contributed by atoms with Gasteiger partial charge in [0, 0.05) is 18.2 Å². The first kappa shape index (κ1) is 14.3. The van der Waals surface area contributed by atoms with Crippen molar-refractivity contribution in [2.24, 2.45) is 0 Å². The van der Waals surface area contributed by atoms with Gasteiger partial charge in [0.05, 0.1) is 4.92 Å². The molecule has 0 aromatic heterocycles. The van der Waals surface area contributed by atoms with Gasteiger partial charge >= 0.3 is 0 Å². The van der Waals surface area contributed by atoms with Crippen LogP contribution in [-0.2, 0) is 4.79 Å². The molecule has 1 aromatic rings. The van der Waals surface area contributed by atoms with Gasteiger partial charge in [-0.15, -0.1) is 0 Å². The summed E-state index contributed by atoms with van der Waals surface area (Å²) in [5.74, 6) is 0.354. The number of nitrogens with one attached hydrogen (secondary N) is 1. The lowest BCUT2D eigenvalue weighted by Crippen LogP contribution is -2.36. The number of nitro groups is 1. The molecule has 108 valence electrons. The molecule has 0 aliphatic heterocycles. The van der Waals surface area contributed by atoms with Gasteiger partial charge in [-0.1, -0.05) is 12.8 Å². The maximum absolute atomic E-state index is 11.7. The standard InChI is InChI=1S/C14H18N2O4/c1-10-8-12(16(18)19)6-7-13(10)20-9-14(17)15-11-4-2-3-5-11/h6-8,11H,2-5,9H2,1H3,(H,15,17). The van der Waals surface area contributed by atoms with E-state index in [0.29, 0.717) is 11.3 Å². The highest BCUT2D eigenvalue weighted by Crippen LogP contribution is 2.23. The molecular weight excluding hydrogens is 260 g/mol. The third-order valence-electron chi connectivity index (χ3n) is 3.45. The lowest BCUT2D eigenvalue weighted by molar-refractivity contribution is -0.384. The molecule has 1 amide bonds. The summed E-state index contributed by atoms with van der Waals surface area (Å²) in [5, 5.41) is 13.6. The predicted octanol–water partition coefficient (Wildman–Crippen LogP) is 2.34. The van der Waals surface area contributed by atoms with Crippen LogP contribution in [-0.4, -0.2) is 23.5 Å². The van der Waals surface area contributed by atoms with Gasteiger partial charge in [0.2, 0.25) is 0 Å². The second-order valence-electron chi connectivity index (χ2n) is 5.04. The molecule has 1 saturated carbocycles. The van der Waals surface area contributed by atoms with Crippen molar-refractivity contribution in [1.29, 1.82) is 0 Å². The predicted molar refractivity (Wildman–Crippen MR) is 73.7 cm³/mol. The third kappa shape index (κ3) is 3.69. The number of aryl methyl sites for hydroxylation is 1. The lowest BCUT2D eigenvalue weighted by Gasteiger charge is -2.13. The number of amides is 1. The van der Waals surface area contributed by atoms with E-state index in [1.54, 1.807) is 6.92 Å². The fourth-order valence-electron chi connectivity index (χ4n) is 2.39. The Hall–Kier alpha value is -2.11. The second-order valence-corrected chi connectivity index (χ2v) is 5.04. The zero-order valence-corrected chi connectivity index (χ0v) is 11.4. The first-order valence-electron chi connectivity index (χ1n) is 6.73. The maximum atomic E-state index is 11.7. The Labute approximate surface area is 117 Å². The summed E-state index contributed by atoms with van der Waals surface area (Å²) in [6.45, 7) is 1.66. The zero-order chi connectivity index (χ0) is 14.5. The Balaban J connectivity index is 1.86. The van der Waals surface area contributed by atoms with E-state index in [4.69, 9.17) is 4.74 Å². The van der Waals surface area contributed by atoms with Gasteiger partial charge in [-0.2, -0.15) is 0 Å². The van der Waals surface area contributed by atoms with Crippen LogP contribution in [0.2, 0.25) is 0 Å². The lowest BCUT2D eigenvalue weighted by atomic mass is 10.2. The Bertz CT molecular complexity index is 510. The molecule has 0 heterocycles. The minimum absolute atomic E-state index is 0.0188. The van der Waals surface area contributed by atoms with Crippen LogP contribution < -0.4 is 10.1 Å². The fraction of sp³-hybridized carbons (Fsp3) is 0.500. The normalized spacial score (nSPS) is 15.1. The number of hydrogen-bond acceptors (Lipinski definition) is 4. The highest BCUT2D eigenvalue weighted by atomic mass is 16.6. The van der Waals surface area contributed by atoms with Gasteiger partial charge in [-0.05, 0) is 31.4 Å². The van der Waals surface area contributed by atoms with Crippen molar-refractivity contribution in [2.75, 3.05) is 6.61 Å². The quantitative estimate of drug-likeness (QED) is 0.662. The van der Waals surface area contributed by atoms with E-state index in [1.807, 2.05) is 0 Å². The van der Waals surface area contributed by atoms with Gasteiger partial charge in [0.15, 0.2) is 6.61 Å². The summed E-state index contributed by atoms with van der Waals surface area (Å²) in [4.78, 5) is 21.9. The largest absolute Gasteiger partial charge is 0.484 e. The molecule has 2 rings (SSSR count). The maximum Gasteiger partial charge on any atom is 0.269 e. The first-order chi connectivity index (χ1) is 9.56. The van der Waals surface area contributed by atoms with Crippen LogP contribution >= 0.6 is 0 Å². The minimum Gasteiger partial charge on any atom is -0.484 e. The fourth-order valence-corrected chi connectivity index (χ4v) is 2.39. The number of non-ortho nitro benzene ring substituents is 1. The van der Waals surface area contributed by atoms with E-state index >= 15 is 0 Å². The summed E-state index contributed by atoms with van der Waals surface area (Å²) in [6.07, 6.45) is 4.38. The molecule has 1 aliphatic rings. The summed E-state index contributed by atoms with van der Waals surface area (Å²) in [7, 11) is 0. The van der Waals surface area contributed by atoms with E-state index in [-0.39, 0.29) is 24.2 Å². The van der Waals surface area contributed by atoms with Crippen molar-refractivity contribution in [2.45, 2.75) is 38.6 Å². The van der Waals surface area contributed by atoms with Gasteiger partial charge < -0.3 is 10.1 Å². The Kier molecular flexibility index (Phi) is 4.55. The molecule has 0 spiro atoms. The summed E-state index contributed by atoms with van der Waals surface area (Å²) < 4.78 is 5.41. The Morgan fingerprint density at radius 1 is 1.45 bits per heavy atom. The molecular formula is C14H18N2O4. The van der Waals surface area contributed by atoms with E-state index in [2.05, 4.69) is 5.32 Å². The molecule has 0 unspecified atom stereocenters. The molecule has 6 heteroatoms. The van der Waals surface area contributed by atoms with Crippen molar-refractivity contribution < 1.29 is 14.5 Å². The van der Waals surface area contributed by atoms with Gasteiger partial charge in [-0.3, -0.25) is 14.9 Å². The molecule has 6 nitrogen and oxygen atoms in total. The molecule has 0 radical (unpaired) electrons. The zero-order valence-electron chi connectivity index (χ0n) is 11.4. The number of carbonyl (C=O) groups excluding carboxylic acids is 1. The van der Waals surface area contributed by atoms with Crippen LogP contribution in [0.3, 0.4) is 0 Å². The Morgan fingerprint density at radius 2 is 2.15 bits per heavy atom.